The molecule has 1 aromatic carbocycles. The van der Waals surface area contributed by atoms with Crippen molar-refractivity contribution < 1.29 is 19.4 Å². The van der Waals surface area contributed by atoms with E-state index in [0.717, 1.165) is 0 Å². The Hall–Kier alpha value is -2.82. The first-order valence-corrected chi connectivity index (χ1v) is 8.86. The Morgan fingerprint density at radius 3 is 2.74 bits per heavy atom. The summed E-state index contributed by atoms with van der Waals surface area (Å²) in [6.07, 6.45) is 1.11. The molecule has 136 valence electrons. The first kappa shape index (κ1) is 16.4. The van der Waals surface area contributed by atoms with Crippen LogP contribution in [0.1, 0.15) is 25.8 Å². The zero-order chi connectivity index (χ0) is 19.1. The Labute approximate surface area is 155 Å². The Kier molecular flexibility index (Phi) is 2.98. The van der Waals surface area contributed by atoms with Crippen molar-refractivity contribution in [3.05, 3.63) is 36.0 Å². The number of carbonyl (C=O) groups is 2. The van der Waals surface area contributed by atoms with Gasteiger partial charge in [0.25, 0.3) is 0 Å². The third-order valence-electron chi connectivity index (χ3n) is 6.40. The zero-order valence-corrected chi connectivity index (χ0v) is 14.8. The number of rotatable bonds is 1. The molecule has 3 fully saturated rings. The van der Waals surface area contributed by atoms with Crippen LogP contribution in [0.2, 0.25) is 0 Å². The van der Waals surface area contributed by atoms with Gasteiger partial charge >= 0.3 is 0 Å². The lowest BCUT2D eigenvalue weighted by Gasteiger charge is -2.31. The average molecular weight is 363 g/mol. The molecule has 3 saturated heterocycles. The number of aromatic nitrogens is 1. The molecule has 0 spiro atoms. The lowest BCUT2D eigenvalue weighted by atomic mass is 9.67. The maximum Gasteiger partial charge on any atom is 0.240 e. The summed E-state index contributed by atoms with van der Waals surface area (Å²) in [5.41, 5.74) is -0.677. The number of ether oxygens (including phenoxy) is 1. The molecule has 2 aromatic rings. The molecule has 2 bridgehead atoms. The zero-order valence-electron chi connectivity index (χ0n) is 14.8. The second-order valence-corrected chi connectivity index (χ2v) is 7.93. The third-order valence-corrected chi connectivity index (χ3v) is 6.40. The fourth-order valence-electron chi connectivity index (χ4n) is 5.20. The molecule has 5 atom stereocenters. The van der Waals surface area contributed by atoms with Crippen LogP contribution in [0.25, 0.3) is 10.9 Å². The number of nitrogens with zero attached hydrogens (tertiary/aromatic N) is 3. The first-order valence-electron chi connectivity index (χ1n) is 8.86. The van der Waals surface area contributed by atoms with Crippen molar-refractivity contribution >= 4 is 28.4 Å². The molecule has 0 unspecified atom stereocenters. The van der Waals surface area contributed by atoms with E-state index in [9.17, 15) is 20.0 Å². The van der Waals surface area contributed by atoms with Crippen LogP contribution in [0, 0.1) is 23.2 Å². The van der Waals surface area contributed by atoms with Crippen LogP contribution in [0.3, 0.4) is 0 Å². The van der Waals surface area contributed by atoms with E-state index in [0.29, 0.717) is 28.6 Å². The van der Waals surface area contributed by atoms with Gasteiger partial charge < -0.3 is 9.84 Å². The predicted octanol–water partition coefficient (Wildman–Crippen LogP) is 1.52. The van der Waals surface area contributed by atoms with Crippen LogP contribution in [0.5, 0.6) is 0 Å². The Balaban J connectivity index is 1.69. The number of anilines is 1. The average Bonchev–Trinajstić information content (AvgIpc) is 3.15. The molecule has 3 aliphatic heterocycles. The molecular formula is C20H17N3O4. The topological polar surface area (TPSA) is 104 Å². The number of hydrogen-bond acceptors (Lipinski definition) is 6. The lowest BCUT2D eigenvalue weighted by Crippen LogP contribution is -2.49. The summed E-state index contributed by atoms with van der Waals surface area (Å²) in [5, 5.41) is 20.3. The van der Waals surface area contributed by atoms with Crippen molar-refractivity contribution in [2.75, 3.05) is 4.90 Å². The van der Waals surface area contributed by atoms with E-state index >= 15 is 0 Å². The van der Waals surface area contributed by atoms with Gasteiger partial charge in [-0.2, -0.15) is 5.26 Å². The van der Waals surface area contributed by atoms with Gasteiger partial charge in [-0.15, -0.1) is 0 Å². The van der Waals surface area contributed by atoms with Gasteiger partial charge in [0.2, 0.25) is 11.8 Å². The summed E-state index contributed by atoms with van der Waals surface area (Å²) in [6.45, 7) is 3.50. The van der Waals surface area contributed by atoms with Crippen LogP contribution in [0.4, 0.5) is 5.69 Å². The van der Waals surface area contributed by atoms with Crippen LogP contribution in [-0.4, -0.2) is 39.2 Å². The van der Waals surface area contributed by atoms with Gasteiger partial charge in [-0.05, 0) is 38.1 Å². The molecule has 7 heteroatoms. The van der Waals surface area contributed by atoms with Crippen LogP contribution in [0.15, 0.2) is 30.5 Å². The molecule has 5 rings (SSSR count). The minimum absolute atomic E-state index is 0.321. The maximum atomic E-state index is 13.3. The monoisotopic (exact) mass is 363 g/mol. The number of aliphatic hydroxyl groups excluding tert-OH is 1. The van der Waals surface area contributed by atoms with Crippen LogP contribution >= 0.6 is 0 Å². The van der Waals surface area contributed by atoms with E-state index in [1.165, 1.54) is 4.90 Å². The standard InChI is InChI=1S/C20H17N3O4/c1-19-8-13(24)20(2,27-19)15-14(19)17(25)23(18(15)26)12-6-5-10(9-21)16-11(12)4-3-7-22-16/h3-7,13-15,24H,8H2,1-2H3/t13-,14-,15+,19+,20-/m0/s1. The highest BCUT2D eigenvalue weighted by atomic mass is 16.6. The maximum absolute atomic E-state index is 13.3. The van der Waals surface area contributed by atoms with E-state index < -0.39 is 29.1 Å². The fourth-order valence-corrected chi connectivity index (χ4v) is 5.20. The van der Waals surface area contributed by atoms with Gasteiger partial charge in [-0.25, -0.2) is 4.90 Å². The number of amides is 2. The van der Waals surface area contributed by atoms with Crippen molar-refractivity contribution in [3.8, 4) is 6.07 Å². The van der Waals surface area contributed by atoms with Crippen LogP contribution < -0.4 is 4.90 Å². The van der Waals surface area contributed by atoms with E-state index in [1.807, 2.05) is 0 Å². The summed E-state index contributed by atoms with van der Waals surface area (Å²) < 4.78 is 6.00. The minimum Gasteiger partial charge on any atom is -0.390 e. The molecule has 0 saturated carbocycles. The lowest BCUT2D eigenvalue weighted by molar-refractivity contribution is -0.132. The largest absolute Gasteiger partial charge is 0.390 e. The van der Waals surface area contributed by atoms with Gasteiger partial charge in [-0.3, -0.25) is 14.6 Å². The van der Waals surface area contributed by atoms with Gasteiger partial charge in [0.1, 0.15) is 11.7 Å². The van der Waals surface area contributed by atoms with Gasteiger partial charge in [0.05, 0.1) is 40.3 Å². The van der Waals surface area contributed by atoms with E-state index in [2.05, 4.69) is 11.1 Å². The third kappa shape index (κ3) is 1.79. The van der Waals surface area contributed by atoms with Crippen molar-refractivity contribution in [3.63, 3.8) is 0 Å². The molecule has 0 radical (unpaired) electrons. The SMILES string of the molecule is C[C@]12O[C@](C)(C[C@@H]1O)[C@@H]1C(=O)N(c3ccc(C#N)c4ncccc34)C(=O)[C@@H]12. The number of carbonyl (C=O) groups excluding carboxylic acids is 2. The highest BCUT2D eigenvalue weighted by Gasteiger charge is 2.75. The fraction of sp³-hybridized carbons (Fsp3) is 0.400. The summed E-state index contributed by atoms with van der Waals surface area (Å²) in [6, 6.07) is 8.73. The molecule has 7 nitrogen and oxygen atoms in total. The van der Waals surface area contributed by atoms with Crippen molar-refractivity contribution in [2.45, 2.75) is 37.6 Å². The molecule has 2 amide bonds. The molecule has 0 aliphatic carbocycles. The summed E-state index contributed by atoms with van der Waals surface area (Å²) in [4.78, 5) is 32.0. The Bertz CT molecular complexity index is 1080. The van der Waals surface area contributed by atoms with Crippen molar-refractivity contribution in [1.82, 2.24) is 4.98 Å². The number of benzene rings is 1. The second kappa shape index (κ2) is 4.91. The first-order chi connectivity index (χ1) is 12.8. The molecule has 4 heterocycles. The van der Waals surface area contributed by atoms with Gasteiger partial charge in [-0.1, -0.05) is 0 Å². The van der Waals surface area contributed by atoms with Crippen LogP contribution in [-0.2, 0) is 14.3 Å². The highest BCUT2D eigenvalue weighted by Crippen LogP contribution is 2.61. The number of aliphatic hydroxyl groups is 1. The van der Waals surface area contributed by atoms with Crippen molar-refractivity contribution in [2.24, 2.45) is 11.8 Å². The smallest absolute Gasteiger partial charge is 0.240 e. The number of imide groups is 1. The molecule has 27 heavy (non-hydrogen) atoms. The molecule has 1 aromatic heterocycles. The summed E-state index contributed by atoms with van der Waals surface area (Å²) in [7, 11) is 0. The molecule has 3 aliphatic rings. The number of hydrogen-bond donors (Lipinski definition) is 1. The van der Waals surface area contributed by atoms with Crippen molar-refractivity contribution in [1.29, 1.82) is 5.26 Å². The highest BCUT2D eigenvalue weighted by molar-refractivity contribution is 6.26. The molecule has 1 N–H and O–H groups in total. The predicted molar refractivity (Wildman–Crippen MR) is 94.4 cm³/mol. The quantitative estimate of drug-likeness (QED) is 0.771. The number of pyridine rings is 1. The Morgan fingerprint density at radius 1 is 1.26 bits per heavy atom. The summed E-state index contributed by atoms with van der Waals surface area (Å²) >= 11 is 0. The van der Waals surface area contributed by atoms with Gasteiger partial charge in [0.15, 0.2) is 0 Å². The normalized spacial score (nSPS) is 37.1. The van der Waals surface area contributed by atoms with E-state index in [1.54, 1.807) is 44.3 Å². The Morgan fingerprint density at radius 2 is 2.00 bits per heavy atom. The second-order valence-electron chi connectivity index (χ2n) is 7.93. The van der Waals surface area contributed by atoms with E-state index in [-0.39, 0.29) is 11.8 Å². The van der Waals surface area contributed by atoms with E-state index in [4.69, 9.17) is 4.74 Å². The molecular weight excluding hydrogens is 346 g/mol. The number of nitriles is 1. The van der Waals surface area contributed by atoms with Gasteiger partial charge in [0, 0.05) is 18.0 Å². The minimum atomic E-state index is -1.07. The summed E-state index contributed by atoms with van der Waals surface area (Å²) in [5.74, 6) is -2.04. The number of fused-ring (bicyclic) bond motifs is 6.